The number of benzene rings is 1. The van der Waals surface area contributed by atoms with Crippen LogP contribution >= 0.6 is 0 Å². The smallest absolute Gasteiger partial charge is 0.279 e. The molecule has 3 rings (SSSR count). The summed E-state index contributed by atoms with van der Waals surface area (Å²) in [5, 5.41) is 3.01. The number of nitrogens with zero attached hydrogens (tertiary/aromatic N) is 1. The average molecular weight is 433 g/mol. The van der Waals surface area contributed by atoms with Gasteiger partial charge in [-0.15, -0.1) is 0 Å². The Labute approximate surface area is 184 Å². The molecule has 1 saturated heterocycles. The molecule has 1 aromatic heterocycles. The number of likely N-dealkylation sites (N-methyl/N-ethyl adjacent to an activating group) is 1. The van der Waals surface area contributed by atoms with Crippen LogP contribution in [0.1, 0.15) is 25.4 Å². The molecule has 1 aliphatic rings. The van der Waals surface area contributed by atoms with Gasteiger partial charge in [0.05, 0.1) is 44.8 Å². The van der Waals surface area contributed by atoms with Crippen molar-refractivity contribution in [3.63, 3.8) is 0 Å². The van der Waals surface area contributed by atoms with Gasteiger partial charge in [-0.1, -0.05) is 0 Å². The quantitative estimate of drug-likeness (QED) is 0.597. The third kappa shape index (κ3) is 6.38. The first-order valence-electron chi connectivity index (χ1n) is 10.9. The minimum Gasteiger partial charge on any atom is -0.492 e. The second kappa shape index (κ2) is 11.1. The van der Waals surface area contributed by atoms with Crippen LogP contribution in [-0.2, 0) is 16.1 Å². The summed E-state index contributed by atoms with van der Waals surface area (Å²) in [4.78, 5) is 16.0. The van der Waals surface area contributed by atoms with Gasteiger partial charge in [0, 0.05) is 25.2 Å². The number of anilines is 2. The first-order chi connectivity index (χ1) is 15.0. The van der Waals surface area contributed by atoms with Gasteiger partial charge in [0.15, 0.2) is 12.3 Å². The van der Waals surface area contributed by atoms with Gasteiger partial charge in [0.2, 0.25) is 0 Å². The molecule has 0 spiro atoms. The van der Waals surface area contributed by atoms with Crippen molar-refractivity contribution in [1.82, 2.24) is 0 Å². The number of quaternary nitrogens is 1. The van der Waals surface area contributed by atoms with Crippen LogP contribution < -0.4 is 24.6 Å². The molecule has 0 saturated carbocycles. The zero-order chi connectivity index (χ0) is 22.2. The van der Waals surface area contributed by atoms with E-state index in [0.717, 1.165) is 40.9 Å². The Morgan fingerprint density at radius 1 is 1.13 bits per heavy atom. The fraction of sp³-hybridized carbons (Fsp3) is 0.522. The maximum Gasteiger partial charge on any atom is 0.279 e. The Morgan fingerprint density at radius 3 is 2.48 bits per heavy atom. The minimum atomic E-state index is -0.0942. The second-order valence-electron chi connectivity index (χ2n) is 7.65. The molecule has 170 valence electrons. The van der Waals surface area contributed by atoms with E-state index in [1.807, 2.05) is 52.1 Å². The lowest BCUT2D eigenvalue weighted by Gasteiger charge is -2.31. The summed E-state index contributed by atoms with van der Waals surface area (Å²) in [6.07, 6.45) is 0. The summed E-state index contributed by atoms with van der Waals surface area (Å²) in [6.45, 7) is 10.7. The molecule has 1 unspecified atom stereocenters. The first kappa shape index (κ1) is 23.0. The highest BCUT2D eigenvalue weighted by atomic mass is 16.5. The number of hydrogen-bond acceptors (Lipinski definition) is 6. The third-order valence-corrected chi connectivity index (χ3v) is 5.02. The van der Waals surface area contributed by atoms with Crippen molar-refractivity contribution in [3.8, 4) is 11.5 Å². The molecular formula is C23H34N3O5+. The van der Waals surface area contributed by atoms with E-state index >= 15 is 0 Å². The van der Waals surface area contributed by atoms with E-state index in [1.165, 1.54) is 0 Å². The molecule has 8 heteroatoms. The molecular weight excluding hydrogens is 398 g/mol. The van der Waals surface area contributed by atoms with Crippen molar-refractivity contribution in [2.45, 2.75) is 27.3 Å². The van der Waals surface area contributed by atoms with E-state index in [0.29, 0.717) is 51.0 Å². The average Bonchev–Trinajstić information content (AvgIpc) is 3.15. The normalized spacial score (nSPS) is 14.9. The topological polar surface area (TPSA) is 77.6 Å². The van der Waals surface area contributed by atoms with Crippen molar-refractivity contribution >= 4 is 17.3 Å². The Morgan fingerprint density at radius 2 is 1.84 bits per heavy atom. The van der Waals surface area contributed by atoms with Gasteiger partial charge in [-0.25, -0.2) is 0 Å². The van der Waals surface area contributed by atoms with Crippen LogP contribution in [0.15, 0.2) is 28.7 Å². The minimum absolute atomic E-state index is 0.0942. The Kier molecular flexibility index (Phi) is 8.20. The molecule has 1 fully saturated rings. The van der Waals surface area contributed by atoms with Crippen LogP contribution in [0, 0.1) is 6.92 Å². The predicted molar refractivity (Wildman–Crippen MR) is 119 cm³/mol. The van der Waals surface area contributed by atoms with Crippen LogP contribution in [0.4, 0.5) is 11.4 Å². The maximum absolute atomic E-state index is 12.7. The molecule has 2 aromatic rings. The number of morpholine rings is 1. The van der Waals surface area contributed by atoms with E-state index < -0.39 is 0 Å². The Bertz CT molecular complexity index is 861. The first-order valence-corrected chi connectivity index (χ1v) is 10.9. The molecule has 0 aliphatic carbocycles. The van der Waals surface area contributed by atoms with E-state index in [2.05, 4.69) is 10.2 Å². The maximum atomic E-state index is 12.7. The van der Waals surface area contributed by atoms with E-state index in [9.17, 15) is 4.79 Å². The SMILES string of the molecule is CCOc1cc(N2CCOCC2)c(OCC)cc1NC(=O)C[NH+](C)Cc1ccc(C)o1. The Balaban J connectivity index is 1.74. The van der Waals surface area contributed by atoms with Gasteiger partial charge in [0.1, 0.15) is 23.8 Å². The van der Waals surface area contributed by atoms with Gasteiger partial charge in [-0.2, -0.15) is 0 Å². The summed E-state index contributed by atoms with van der Waals surface area (Å²) >= 11 is 0. The Hall–Kier alpha value is -2.71. The number of amides is 1. The van der Waals surface area contributed by atoms with E-state index in [1.54, 1.807) is 0 Å². The number of furan rings is 1. The number of aryl methyl sites for hydroxylation is 1. The van der Waals surface area contributed by atoms with Crippen LogP contribution in [0.2, 0.25) is 0 Å². The van der Waals surface area contributed by atoms with Gasteiger partial charge in [0.25, 0.3) is 5.91 Å². The molecule has 0 radical (unpaired) electrons. The fourth-order valence-corrected chi connectivity index (χ4v) is 3.65. The molecule has 1 aliphatic heterocycles. The molecule has 1 atom stereocenters. The second-order valence-corrected chi connectivity index (χ2v) is 7.65. The molecule has 8 nitrogen and oxygen atoms in total. The summed E-state index contributed by atoms with van der Waals surface area (Å²) in [5.41, 5.74) is 1.58. The fourth-order valence-electron chi connectivity index (χ4n) is 3.65. The largest absolute Gasteiger partial charge is 0.492 e. The van der Waals surface area contributed by atoms with Crippen molar-refractivity contribution in [1.29, 1.82) is 0 Å². The monoisotopic (exact) mass is 432 g/mol. The van der Waals surface area contributed by atoms with E-state index in [-0.39, 0.29) is 5.91 Å². The van der Waals surface area contributed by atoms with Crippen molar-refractivity contribution in [2.24, 2.45) is 0 Å². The lowest BCUT2D eigenvalue weighted by atomic mass is 10.2. The predicted octanol–water partition coefficient (Wildman–Crippen LogP) is 1.88. The molecule has 1 amide bonds. The number of rotatable bonds is 10. The molecule has 2 N–H and O–H groups in total. The van der Waals surface area contributed by atoms with Crippen LogP contribution in [0.25, 0.3) is 0 Å². The van der Waals surface area contributed by atoms with Gasteiger partial charge in [-0.05, 0) is 32.9 Å². The highest BCUT2D eigenvalue weighted by Gasteiger charge is 2.21. The lowest BCUT2D eigenvalue weighted by molar-refractivity contribution is -0.886. The number of ether oxygens (including phenoxy) is 3. The lowest BCUT2D eigenvalue weighted by Crippen LogP contribution is -3.08. The molecule has 2 heterocycles. The molecule has 1 aromatic carbocycles. The van der Waals surface area contributed by atoms with Gasteiger partial charge in [-0.3, -0.25) is 4.79 Å². The molecule has 0 bridgehead atoms. The number of carbonyl (C=O) groups excluding carboxylic acids is 1. The zero-order valence-electron chi connectivity index (χ0n) is 19.0. The van der Waals surface area contributed by atoms with Gasteiger partial charge >= 0.3 is 0 Å². The van der Waals surface area contributed by atoms with Crippen molar-refractivity contribution in [3.05, 3.63) is 35.8 Å². The summed E-state index contributed by atoms with van der Waals surface area (Å²) in [6, 6.07) is 7.70. The van der Waals surface area contributed by atoms with Crippen LogP contribution in [-0.4, -0.2) is 59.0 Å². The van der Waals surface area contributed by atoms with Crippen LogP contribution in [0.5, 0.6) is 11.5 Å². The summed E-state index contributed by atoms with van der Waals surface area (Å²) in [5.74, 6) is 3.02. The zero-order valence-corrected chi connectivity index (χ0v) is 19.0. The number of carbonyl (C=O) groups is 1. The third-order valence-electron chi connectivity index (χ3n) is 5.02. The number of nitrogens with one attached hydrogen (secondary N) is 2. The number of hydrogen-bond donors (Lipinski definition) is 2. The highest BCUT2D eigenvalue weighted by Crippen LogP contribution is 2.39. The standard InChI is InChI=1S/C23H33N3O5/c1-5-29-21-14-20(26-9-11-28-12-10-26)22(30-6-2)13-19(21)24-23(27)16-25(4)15-18-8-7-17(3)31-18/h7-8,13-14H,5-6,9-12,15-16H2,1-4H3,(H,24,27)/p+1. The summed E-state index contributed by atoms with van der Waals surface area (Å²) in [7, 11) is 1.97. The van der Waals surface area contributed by atoms with Crippen molar-refractivity contribution < 1.29 is 28.3 Å². The summed E-state index contributed by atoms with van der Waals surface area (Å²) < 4.78 is 22.8. The van der Waals surface area contributed by atoms with E-state index in [4.69, 9.17) is 18.6 Å². The van der Waals surface area contributed by atoms with Crippen molar-refractivity contribution in [2.75, 3.05) is 63.3 Å². The van der Waals surface area contributed by atoms with Gasteiger partial charge < -0.3 is 33.7 Å². The highest BCUT2D eigenvalue weighted by molar-refractivity contribution is 5.94. The molecule has 31 heavy (non-hydrogen) atoms. The van der Waals surface area contributed by atoms with Crippen LogP contribution in [0.3, 0.4) is 0 Å².